The fourth-order valence-electron chi connectivity index (χ4n) is 5.37. The quantitative estimate of drug-likeness (QED) is 0.679. The monoisotopic (exact) mass is 352 g/mol. The molecule has 2 atom stereocenters. The Balaban J connectivity index is 1.37. The Morgan fingerprint density at radius 2 is 1.20 bits per heavy atom. The molecule has 2 unspecified atom stereocenters. The van der Waals surface area contributed by atoms with Crippen LogP contribution in [0.2, 0.25) is 0 Å². The Morgan fingerprint density at radius 3 is 2.00 bits per heavy atom. The van der Waals surface area contributed by atoms with Gasteiger partial charge in [-0.25, -0.2) is 0 Å². The lowest BCUT2D eigenvalue weighted by atomic mass is 9.76. The van der Waals surface area contributed by atoms with Crippen LogP contribution in [-0.4, -0.2) is 38.0 Å². The van der Waals surface area contributed by atoms with Crippen molar-refractivity contribution in [1.82, 2.24) is 0 Å². The molecule has 2 aliphatic heterocycles. The van der Waals surface area contributed by atoms with Gasteiger partial charge in [-0.3, -0.25) is 0 Å². The Hall–Kier alpha value is -0.160. The van der Waals surface area contributed by atoms with Crippen molar-refractivity contribution in [1.29, 1.82) is 0 Å². The first-order valence-electron chi connectivity index (χ1n) is 10.9. The Bertz CT molecular complexity index is 410. The zero-order valence-electron chi connectivity index (χ0n) is 15.8. The van der Waals surface area contributed by atoms with Crippen LogP contribution in [0, 0.1) is 11.8 Å². The smallest absolute Gasteiger partial charge is 0.168 e. The van der Waals surface area contributed by atoms with Crippen molar-refractivity contribution in [3.05, 3.63) is 0 Å². The molecule has 25 heavy (non-hydrogen) atoms. The SMILES string of the molecule is C1CCOC2(CCCC(C3CCOC4(CCCCC4)OC3)C2)OCC1. The van der Waals surface area contributed by atoms with Gasteiger partial charge in [0.1, 0.15) is 0 Å². The van der Waals surface area contributed by atoms with Gasteiger partial charge in [0.15, 0.2) is 11.6 Å². The molecule has 2 saturated carbocycles. The van der Waals surface area contributed by atoms with E-state index in [0.29, 0.717) is 11.8 Å². The molecule has 2 saturated heterocycles. The van der Waals surface area contributed by atoms with Crippen molar-refractivity contribution < 1.29 is 18.9 Å². The van der Waals surface area contributed by atoms with Gasteiger partial charge in [0.05, 0.1) is 26.4 Å². The van der Waals surface area contributed by atoms with Gasteiger partial charge < -0.3 is 18.9 Å². The highest BCUT2D eigenvalue weighted by molar-refractivity contribution is 4.87. The van der Waals surface area contributed by atoms with Crippen molar-refractivity contribution in [2.45, 2.75) is 95.0 Å². The summed E-state index contributed by atoms with van der Waals surface area (Å²) in [5.41, 5.74) is 0. The molecule has 2 heterocycles. The molecule has 0 N–H and O–H groups in total. The van der Waals surface area contributed by atoms with Gasteiger partial charge in [0.25, 0.3) is 0 Å². The fraction of sp³-hybridized carbons (Fsp3) is 1.00. The van der Waals surface area contributed by atoms with E-state index >= 15 is 0 Å². The predicted octanol–water partition coefficient (Wildman–Crippen LogP) is 4.80. The molecule has 0 bridgehead atoms. The maximum atomic E-state index is 6.41. The molecule has 4 aliphatic rings. The zero-order valence-corrected chi connectivity index (χ0v) is 15.8. The van der Waals surface area contributed by atoms with E-state index in [-0.39, 0.29) is 11.6 Å². The predicted molar refractivity (Wildman–Crippen MR) is 96.3 cm³/mol. The molecule has 2 spiro atoms. The normalized spacial score (nSPS) is 36.5. The first-order chi connectivity index (χ1) is 12.3. The highest BCUT2D eigenvalue weighted by Crippen LogP contribution is 2.44. The van der Waals surface area contributed by atoms with Crippen molar-refractivity contribution in [2.75, 3.05) is 26.4 Å². The third-order valence-corrected chi connectivity index (χ3v) is 6.92. The molecule has 2 aliphatic carbocycles. The Morgan fingerprint density at radius 1 is 0.520 bits per heavy atom. The highest BCUT2D eigenvalue weighted by Gasteiger charge is 2.43. The van der Waals surface area contributed by atoms with Gasteiger partial charge in [0, 0.05) is 25.7 Å². The van der Waals surface area contributed by atoms with E-state index in [1.54, 1.807) is 0 Å². The lowest BCUT2D eigenvalue weighted by Crippen LogP contribution is -2.44. The number of hydrogen-bond donors (Lipinski definition) is 0. The summed E-state index contributed by atoms with van der Waals surface area (Å²) in [4.78, 5) is 0. The van der Waals surface area contributed by atoms with Crippen LogP contribution in [0.1, 0.15) is 83.5 Å². The molecular weight excluding hydrogens is 316 g/mol. The van der Waals surface area contributed by atoms with E-state index in [1.807, 2.05) is 0 Å². The van der Waals surface area contributed by atoms with Crippen LogP contribution in [0.5, 0.6) is 0 Å². The summed E-state index contributed by atoms with van der Waals surface area (Å²) in [5.74, 6) is 0.678. The van der Waals surface area contributed by atoms with Crippen LogP contribution in [-0.2, 0) is 18.9 Å². The van der Waals surface area contributed by atoms with Gasteiger partial charge in [0.2, 0.25) is 0 Å². The largest absolute Gasteiger partial charge is 0.350 e. The van der Waals surface area contributed by atoms with Gasteiger partial charge in [-0.15, -0.1) is 0 Å². The van der Waals surface area contributed by atoms with E-state index in [0.717, 1.165) is 58.5 Å². The minimum absolute atomic E-state index is 0.257. The molecule has 144 valence electrons. The van der Waals surface area contributed by atoms with E-state index in [1.165, 1.54) is 51.4 Å². The Labute approximate surface area is 152 Å². The minimum Gasteiger partial charge on any atom is -0.350 e. The van der Waals surface area contributed by atoms with Gasteiger partial charge in [-0.1, -0.05) is 6.42 Å². The summed E-state index contributed by atoms with van der Waals surface area (Å²) in [6.45, 7) is 3.44. The molecule has 0 amide bonds. The first-order valence-corrected chi connectivity index (χ1v) is 10.9. The number of rotatable bonds is 1. The molecule has 0 aromatic heterocycles. The molecule has 0 aromatic rings. The third-order valence-electron chi connectivity index (χ3n) is 6.92. The summed E-state index contributed by atoms with van der Waals surface area (Å²) in [6, 6.07) is 0. The minimum atomic E-state index is -0.307. The second-order valence-electron chi connectivity index (χ2n) is 8.70. The topological polar surface area (TPSA) is 36.9 Å². The standard InChI is InChI=1S/C21H36O4/c1-3-10-20(11-4-1)24-15-9-19(17-25-20)18-8-7-12-21(16-18)22-13-5-2-6-14-23-21/h18-19H,1-17H2. The van der Waals surface area contributed by atoms with Crippen molar-refractivity contribution in [2.24, 2.45) is 11.8 Å². The molecule has 0 aromatic carbocycles. The number of ether oxygens (including phenoxy) is 4. The maximum absolute atomic E-state index is 6.41. The van der Waals surface area contributed by atoms with E-state index in [9.17, 15) is 0 Å². The van der Waals surface area contributed by atoms with E-state index in [4.69, 9.17) is 18.9 Å². The molecule has 4 heteroatoms. The van der Waals surface area contributed by atoms with Crippen LogP contribution in [0.25, 0.3) is 0 Å². The average Bonchev–Trinajstić information content (AvgIpc) is 2.82. The lowest BCUT2D eigenvalue weighted by Gasteiger charge is -2.43. The third kappa shape index (κ3) is 4.40. The lowest BCUT2D eigenvalue weighted by molar-refractivity contribution is -0.270. The highest BCUT2D eigenvalue weighted by atomic mass is 16.7. The van der Waals surface area contributed by atoms with Crippen molar-refractivity contribution in [3.63, 3.8) is 0 Å². The number of hydrogen-bond acceptors (Lipinski definition) is 4. The first kappa shape index (κ1) is 18.2. The summed E-state index contributed by atoms with van der Waals surface area (Å²) < 4.78 is 25.2. The van der Waals surface area contributed by atoms with Crippen LogP contribution in [0.15, 0.2) is 0 Å². The summed E-state index contributed by atoms with van der Waals surface area (Å²) in [5, 5.41) is 0. The van der Waals surface area contributed by atoms with Crippen LogP contribution in [0.4, 0.5) is 0 Å². The molecule has 4 nitrogen and oxygen atoms in total. The molecule has 0 radical (unpaired) electrons. The zero-order chi connectivity index (χ0) is 17.0. The van der Waals surface area contributed by atoms with Crippen molar-refractivity contribution >= 4 is 0 Å². The van der Waals surface area contributed by atoms with Crippen LogP contribution < -0.4 is 0 Å². The van der Waals surface area contributed by atoms with Crippen LogP contribution >= 0.6 is 0 Å². The van der Waals surface area contributed by atoms with Crippen molar-refractivity contribution in [3.8, 4) is 0 Å². The summed E-state index contributed by atoms with van der Waals surface area (Å²) in [7, 11) is 0. The van der Waals surface area contributed by atoms with Gasteiger partial charge in [-0.05, 0) is 63.2 Å². The van der Waals surface area contributed by atoms with E-state index < -0.39 is 0 Å². The maximum Gasteiger partial charge on any atom is 0.168 e. The van der Waals surface area contributed by atoms with Crippen LogP contribution in [0.3, 0.4) is 0 Å². The Kier molecular flexibility index (Phi) is 6.01. The summed E-state index contributed by atoms with van der Waals surface area (Å²) in [6.07, 6.45) is 15.3. The van der Waals surface area contributed by atoms with Gasteiger partial charge in [-0.2, -0.15) is 0 Å². The summed E-state index contributed by atoms with van der Waals surface area (Å²) >= 11 is 0. The van der Waals surface area contributed by atoms with E-state index in [2.05, 4.69) is 0 Å². The molecule has 4 rings (SSSR count). The van der Waals surface area contributed by atoms with Gasteiger partial charge >= 0.3 is 0 Å². The second-order valence-corrected chi connectivity index (χ2v) is 8.70. The second kappa shape index (κ2) is 8.24. The molecular formula is C21H36O4. The molecule has 4 fully saturated rings. The fourth-order valence-corrected chi connectivity index (χ4v) is 5.37. The average molecular weight is 353 g/mol.